The fourth-order valence-electron chi connectivity index (χ4n) is 2.87. The van der Waals surface area contributed by atoms with Gasteiger partial charge in [0.15, 0.2) is 0 Å². The predicted octanol–water partition coefficient (Wildman–Crippen LogP) is 0.920. The molecule has 138 valence electrons. The number of amides is 1. The molecule has 3 rings (SSSR count). The van der Waals surface area contributed by atoms with Crippen molar-refractivity contribution >= 4 is 11.9 Å². The fraction of sp³-hybridized carbons (Fsp3) is 0.389. The van der Waals surface area contributed by atoms with Gasteiger partial charge in [0.25, 0.3) is 5.91 Å². The molecule has 0 saturated carbocycles. The van der Waals surface area contributed by atoms with Crippen LogP contribution in [0.25, 0.3) is 0 Å². The Bertz CT molecular complexity index is 747. The van der Waals surface area contributed by atoms with E-state index in [4.69, 9.17) is 14.6 Å². The van der Waals surface area contributed by atoms with Crippen LogP contribution >= 0.6 is 0 Å². The number of carbonyl (C=O) groups excluding carboxylic acids is 1. The molecule has 2 atom stereocenters. The summed E-state index contributed by atoms with van der Waals surface area (Å²) in [4.78, 5) is 23.3. The average Bonchev–Trinajstić information content (AvgIpc) is 3.14. The minimum Gasteiger partial charge on any atom is -0.480 e. The van der Waals surface area contributed by atoms with E-state index in [1.165, 1.54) is 0 Å². The number of carbonyl (C=O) groups is 2. The maximum atomic E-state index is 12.6. The third-order valence-electron chi connectivity index (χ3n) is 4.12. The maximum Gasteiger partial charge on any atom is 0.329 e. The van der Waals surface area contributed by atoms with Crippen LogP contribution in [0.4, 0.5) is 0 Å². The van der Waals surface area contributed by atoms with Crippen molar-refractivity contribution in [1.82, 2.24) is 15.1 Å². The summed E-state index contributed by atoms with van der Waals surface area (Å²) in [5.41, 5.74) is 1.48. The molecule has 1 aromatic heterocycles. The van der Waals surface area contributed by atoms with Gasteiger partial charge in [-0.2, -0.15) is 5.10 Å². The van der Waals surface area contributed by atoms with Gasteiger partial charge in [-0.3, -0.25) is 9.48 Å². The molecule has 2 heterocycles. The second-order valence-electron chi connectivity index (χ2n) is 6.09. The van der Waals surface area contributed by atoms with Crippen LogP contribution in [0.15, 0.2) is 42.7 Å². The molecule has 2 N–H and O–H groups in total. The molecule has 0 unspecified atom stereocenters. The SMILES string of the molecule is O=C(O)CO[C@@H]1CCOC[C@@H]1NC(=O)c1cccc(Cn2cccn2)c1. The Hall–Kier alpha value is -2.71. The van der Waals surface area contributed by atoms with Gasteiger partial charge in [0.2, 0.25) is 0 Å². The third-order valence-corrected chi connectivity index (χ3v) is 4.12. The van der Waals surface area contributed by atoms with Crippen LogP contribution in [0.1, 0.15) is 22.3 Å². The summed E-state index contributed by atoms with van der Waals surface area (Å²) in [5.74, 6) is -1.28. The lowest BCUT2D eigenvalue weighted by Gasteiger charge is -2.31. The molecule has 0 spiro atoms. The van der Waals surface area contributed by atoms with Gasteiger partial charge in [-0.25, -0.2) is 4.79 Å². The van der Waals surface area contributed by atoms with Gasteiger partial charge >= 0.3 is 5.97 Å². The largest absolute Gasteiger partial charge is 0.480 e. The third kappa shape index (κ3) is 4.90. The number of ether oxygens (including phenoxy) is 2. The van der Waals surface area contributed by atoms with Crippen molar-refractivity contribution in [2.75, 3.05) is 19.8 Å². The summed E-state index contributed by atoms with van der Waals surface area (Å²) in [7, 11) is 0. The summed E-state index contributed by atoms with van der Waals surface area (Å²) >= 11 is 0. The summed E-state index contributed by atoms with van der Waals surface area (Å²) in [5, 5.41) is 15.8. The number of aliphatic carboxylic acids is 1. The van der Waals surface area contributed by atoms with Crippen molar-refractivity contribution in [3.8, 4) is 0 Å². The van der Waals surface area contributed by atoms with E-state index in [1.54, 1.807) is 16.9 Å². The molecule has 1 aliphatic rings. The number of hydrogen-bond donors (Lipinski definition) is 2. The van der Waals surface area contributed by atoms with Crippen LogP contribution in [0.2, 0.25) is 0 Å². The van der Waals surface area contributed by atoms with E-state index >= 15 is 0 Å². The van der Waals surface area contributed by atoms with Crippen molar-refractivity contribution in [1.29, 1.82) is 0 Å². The Labute approximate surface area is 150 Å². The van der Waals surface area contributed by atoms with Crippen molar-refractivity contribution in [2.24, 2.45) is 0 Å². The Morgan fingerprint density at radius 3 is 3.04 bits per heavy atom. The van der Waals surface area contributed by atoms with Crippen molar-refractivity contribution in [3.05, 3.63) is 53.9 Å². The number of aromatic nitrogens is 2. The molecule has 8 heteroatoms. The summed E-state index contributed by atoms with van der Waals surface area (Å²) < 4.78 is 12.6. The van der Waals surface area contributed by atoms with Gasteiger partial charge in [-0.1, -0.05) is 12.1 Å². The molecule has 0 radical (unpaired) electrons. The van der Waals surface area contributed by atoms with E-state index in [2.05, 4.69) is 10.4 Å². The minimum atomic E-state index is -1.03. The Morgan fingerprint density at radius 1 is 1.38 bits per heavy atom. The molecular weight excluding hydrogens is 338 g/mol. The van der Waals surface area contributed by atoms with Gasteiger partial charge in [0.05, 0.1) is 25.3 Å². The molecule has 0 bridgehead atoms. The van der Waals surface area contributed by atoms with E-state index in [-0.39, 0.29) is 18.1 Å². The Kier molecular flexibility index (Phi) is 5.98. The highest BCUT2D eigenvalue weighted by Crippen LogP contribution is 2.14. The van der Waals surface area contributed by atoms with Gasteiger partial charge < -0.3 is 19.9 Å². The smallest absolute Gasteiger partial charge is 0.329 e. The van der Waals surface area contributed by atoms with Crippen LogP contribution in [0.3, 0.4) is 0 Å². The zero-order valence-electron chi connectivity index (χ0n) is 14.2. The lowest BCUT2D eigenvalue weighted by molar-refractivity contribution is -0.147. The molecule has 1 fully saturated rings. The number of hydrogen-bond acceptors (Lipinski definition) is 5. The second-order valence-corrected chi connectivity index (χ2v) is 6.09. The van der Waals surface area contributed by atoms with E-state index < -0.39 is 12.6 Å². The van der Waals surface area contributed by atoms with Gasteiger partial charge in [0.1, 0.15) is 6.61 Å². The van der Waals surface area contributed by atoms with Gasteiger partial charge in [-0.15, -0.1) is 0 Å². The van der Waals surface area contributed by atoms with Crippen LogP contribution in [-0.2, 0) is 20.8 Å². The first-order valence-corrected chi connectivity index (χ1v) is 8.40. The molecule has 2 aromatic rings. The number of benzene rings is 1. The number of carboxylic acids is 1. The number of carboxylic acid groups (broad SMARTS) is 1. The lowest BCUT2D eigenvalue weighted by atomic mass is 10.0. The topological polar surface area (TPSA) is 103 Å². The Balaban J connectivity index is 1.63. The van der Waals surface area contributed by atoms with Crippen LogP contribution in [0, 0.1) is 0 Å². The minimum absolute atomic E-state index is 0.244. The molecule has 1 amide bonds. The highest BCUT2D eigenvalue weighted by molar-refractivity contribution is 5.94. The number of rotatable bonds is 7. The first-order chi connectivity index (χ1) is 12.6. The first-order valence-electron chi connectivity index (χ1n) is 8.40. The molecule has 1 aromatic carbocycles. The van der Waals surface area contributed by atoms with Crippen molar-refractivity contribution < 1.29 is 24.2 Å². The number of nitrogens with one attached hydrogen (secondary N) is 1. The van der Waals surface area contributed by atoms with E-state index in [1.807, 2.05) is 30.5 Å². The van der Waals surface area contributed by atoms with Gasteiger partial charge in [0, 0.05) is 24.6 Å². The van der Waals surface area contributed by atoms with E-state index in [0.29, 0.717) is 31.7 Å². The van der Waals surface area contributed by atoms with E-state index in [0.717, 1.165) is 5.56 Å². The summed E-state index contributed by atoms with van der Waals surface area (Å²) in [6, 6.07) is 8.76. The van der Waals surface area contributed by atoms with Crippen molar-refractivity contribution in [2.45, 2.75) is 25.1 Å². The number of nitrogens with zero attached hydrogens (tertiary/aromatic N) is 2. The molecular formula is C18H21N3O5. The molecule has 1 aliphatic heterocycles. The molecule has 1 saturated heterocycles. The molecule has 0 aliphatic carbocycles. The average molecular weight is 359 g/mol. The zero-order valence-corrected chi connectivity index (χ0v) is 14.2. The summed E-state index contributed by atoms with van der Waals surface area (Å²) in [6.45, 7) is 0.959. The predicted molar refractivity (Wildman–Crippen MR) is 91.8 cm³/mol. The fourth-order valence-corrected chi connectivity index (χ4v) is 2.87. The van der Waals surface area contributed by atoms with Crippen LogP contribution in [0.5, 0.6) is 0 Å². The highest BCUT2D eigenvalue weighted by Gasteiger charge is 2.28. The Morgan fingerprint density at radius 2 is 2.27 bits per heavy atom. The zero-order chi connectivity index (χ0) is 18.4. The summed E-state index contributed by atoms with van der Waals surface area (Å²) in [6.07, 6.45) is 3.72. The molecule has 26 heavy (non-hydrogen) atoms. The van der Waals surface area contributed by atoms with Crippen LogP contribution in [-0.4, -0.2) is 58.7 Å². The normalized spacial score (nSPS) is 19.8. The second kappa shape index (κ2) is 8.59. The standard InChI is InChI=1S/C18H21N3O5/c22-17(23)12-26-16-5-8-25-11-15(16)20-18(24)14-4-1-3-13(9-14)10-21-7-2-6-19-21/h1-4,6-7,9,15-16H,5,8,10-12H2,(H,20,24)(H,22,23)/t15-,16+/m0/s1. The maximum absolute atomic E-state index is 12.6. The molecule has 8 nitrogen and oxygen atoms in total. The highest BCUT2D eigenvalue weighted by atomic mass is 16.5. The van der Waals surface area contributed by atoms with Crippen molar-refractivity contribution in [3.63, 3.8) is 0 Å². The first kappa shape index (κ1) is 18.1. The van der Waals surface area contributed by atoms with Crippen LogP contribution < -0.4 is 5.32 Å². The van der Waals surface area contributed by atoms with Gasteiger partial charge in [-0.05, 0) is 30.2 Å². The lowest BCUT2D eigenvalue weighted by Crippen LogP contribution is -2.51. The quantitative estimate of drug-likeness (QED) is 0.762. The monoisotopic (exact) mass is 359 g/mol. The van der Waals surface area contributed by atoms with E-state index in [9.17, 15) is 9.59 Å².